The summed E-state index contributed by atoms with van der Waals surface area (Å²) in [5.41, 5.74) is 0.771. The first-order valence-electron chi connectivity index (χ1n) is 16.0. The van der Waals surface area contributed by atoms with Crippen LogP contribution in [0.25, 0.3) is 0 Å². The molecular formula is C37H37ClF3N3O4S. The summed E-state index contributed by atoms with van der Waals surface area (Å²) in [6.45, 7) is 0.918. The van der Waals surface area contributed by atoms with Crippen LogP contribution in [0.4, 0.5) is 18.9 Å². The largest absolute Gasteiger partial charge is 0.416 e. The average Bonchev–Trinajstić information content (AvgIpc) is 3.59. The second kappa shape index (κ2) is 15.5. The van der Waals surface area contributed by atoms with E-state index >= 15 is 0 Å². The Morgan fingerprint density at radius 3 is 2.10 bits per heavy atom. The maximum Gasteiger partial charge on any atom is 0.416 e. The van der Waals surface area contributed by atoms with E-state index in [1.165, 1.54) is 29.2 Å². The molecule has 1 saturated carbocycles. The molecule has 0 aliphatic heterocycles. The van der Waals surface area contributed by atoms with E-state index in [1.807, 2.05) is 61.5 Å². The summed E-state index contributed by atoms with van der Waals surface area (Å²) in [7, 11) is -4.64. The van der Waals surface area contributed by atoms with Crippen molar-refractivity contribution in [3.8, 4) is 0 Å². The monoisotopic (exact) mass is 711 g/mol. The van der Waals surface area contributed by atoms with E-state index in [-0.39, 0.29) is 28.9 Å². The summed E-state index contributed by atoms with van der Waals surface area (Å²) in [4.78, 5) is 29.8. The molecule has 0 spiro atoms. The number of carbonyl (C=O) groups is 2. The quantitative estimate of drug-likeness (QED) is 0.164. The first kappa shape index (κ1) is 35.9. The van der Waals surface area contributed by atoms with Crippen LogP contribution in [0.2, 0.25) is 5.02 Å². The van der Waals surface area contributed by atoms with Gasteiger partial charge >= 0.3 is 6.18 Å². The van der Waals surface area contributed by atoms with E-state index in [0.717, 1.165) is 48.9 Å². The number of sulfonamides is 1. The number of hydrogen-bond donors (Lipinski definition) is 1. The number of aryl methyl sites for hydroxylation is 1. The number of halogens is 4. The van der Waals surface area contributed by atoms with Gasteiger partial charge in [0.15, 0.2) is 0 Å². The first-order valence-corrected chi connectivity index (χ1v) is 17.8. The summed E-state index contributed by atoms with van der Waals surface area (Å²) in [6, 6.07) is 24.7. The van der Waals surface area contributed by atoms with Crippen LogP contribution in [0.1, 0.15) is 47.9 Å². The van der Waals surface area contributed by atoms with Crippen molar-refractivity contribution in [1.29, 1.82) is 0 Å². The Balaban J connectivity index is 1.61. The number of carbonyl (C=O) groups excluding carboxylic acids is 2. The van der Waals surface area contributed by atoms with Crippen molar-refractivity contribution in [3.05, 3.63) is 130 Å². The van der Waals surface area contributed by atoms with Gasteiger partial charge in [0, 0.05) is 19.0 Å². The molecule has 1 aliphatic rings. The second-order valence-electron chi connectivity index (χ2n) is 12.2. The minimum absolute atomic E-state index is 0.0652. The lowest BCUT2D eigenvalue weighted by Gasteiger charge is -2.34. The molecule has 7 nitrogen and oxygen atoms in total. The lowest BCUT2D eigenvalue weighted by atomic mass is 10.0. The third-order valence-corrected chi connectivity index (χ3v) is 10.7. The molecule has 5 rings (SSSR count). The van der Waals surface area contributed by atoms with Crippen LogP contribution in [0.3, 0.4) is 0 Å². The average molecular weight is 712 g/mol. The van der Waals surface area contributed by atoms with Gasteiger partial charge in [0.25, 0.3) is 10.0 Å². The van der Waals surface area contributed by atoms with Gasteiger partial charge in [-0.05, 0) is 61.2 Å². The van der Waals surface area contributed by atoms with Crippen LogP contribution in [0.5, 0.6) is 0 Å². The van der Waals surface area contributed by atoms with Crippen molar-refractivity contribution in [2.24, 2.45) is 0 Å². The van der Waals surface area contributed by atoms with E-state index in [1.54, 1.807) is 6.07 Å². The normalized spacial score (nSPS) is 14.3. The molecule has 0 aromatic heterocycles. The summed E-state index contributed by atoms with van der Waals surface area (Å²) in [5.74, 6) is -1.19. The van der Waals surface area contributed by atoms with Crippen molar-refractivity contribution in [2.75, 3.05) is 10.8 Å². The molecule has 0 radical (unpaired) electrons. The molecule has 0 bridgehead atoms. The SMILES string of the molecule is Cc1ccc(CN(C(=O)CN(c2cc(C(F)(F)F)ccc2Cl)S(=O)(=O)c2ccccc2)C(Cc2ccccc2)C(=O)NC2CCCC2)cc1. The standard InChI is InChI=1S/C37H37ClF3N3O4S/c1-26-16-18-28(19-17-26)24-43(34(22-27-10-4-2-5-11-27)36(46)42-30-12-8-9-13-30)35(45)25-44(49(47,48)31-14-6-3-7-15-31)33-23-29(37(39,40)41)20-21-32(33)38/h2-7,10-11,14-21,23,30,34H,8-9,12-13,22,24-25H2,1H3,(H,42,46). The minimum Gasteiger partial charge on any atom is -0.352 e. The lowest BCUT2D eigenvalue weighted by molar-refractivity contribution is -0.140. The van der Waals surface area contributed by atoms with Gasteiger partial charge in [-0.25, -0.2) is 8.42 Å². The number of alkyl halides is 3. The molecule has 1 unspecified atom stereocenters. The molecule has 4 aromatic carbocycles. The topological polar surface area (TPSA) is 86.8 Å². The molecule has 12 heteroatoms. The third kappa shape index (κ3) is 9.01. The number of nitrogens with one attached hydrogen (secondary N) is 1. The second-order valence-corrected chi connectivity index (χ2v) is 14.5. The molecular weight excluding hydrogens is 675 g/mol. The maximum atomic E-state index is 14.6. The zero-order valence-electron chi connectivity index (χ0n) is 26.9. The molecule has 1 aliphatic carbocycles. The fourth-order valence-electron chi connectivity index (χ4n) is 5.92. The molecule has 1 N–H and O–H groups in total. The molecule has 49 heavy (non-hydrogen) atoms. The van der Waals surface area contributed by atoms with Crippen LogP contribution in [-0.2, 0) is 38.8 Å². The van der Waals surface area contributed by atoms with Gasteiger partial charge in [0.05, 0.1) is 21.2 Å². The van der Waals surface area contributed by atoms with E-state index in [0.29, 0.717) is 15.9 Å². The van der Waals surface area contributed by atoms with Crippen LogP contribution in [0, 0.1) is 6.92 Å². The highest BCUT2D eigenvalue weighted by Crippen LogP contribution is 2.37. The lowest BCUT2D eigenvalue weighted by Crippen LogP contribution is -2.54. The van der Waals surface area contributed by atoms with Crippen LogP contribution >= 0.6 is 11.6 Å². The third-order valence-electron chi connectivity index (χ3n) is 8.60. The van der Waals surface area contributed by atoms with Gasteiger partial charge in [0.1, 0.15) is 12.6 Å². The van der Waals surface area contributed by atoms with Crippen LogP contribution < -0.4 is 9.62 Å². The predicted molar refractivity (Wildman–Crippen MR) is 183 cm³/mol. The summed E-state index contributed by atoms with van der Waals surface area (Å²) < 4.78 is 70.6. The molecule has 0 saturated heterocycles. The summed E-state index contributed by atoms with van der Waals surface area (Å²) >= 11 is 6.40. The van der Waals surface area contributed by atoms with Crippen LogP contribution in [-0.4, -0.2) is 43.8 Å². The predicted octanol–water partition coefficient (Wildman–Crippen LogP) is 7.56. The molecule has 258 valence electrons. The Morgan fingerprint density at radius 1 is 0.878 bits per heavy atom. The molecule has 2 amide bonds. The Kier molecular flexibility index (Phi) is 11.3. The molecule has 4 aromatic rings. The summed E-state index contributed by atoms with van der Waals surface area (Å²) in [6.07, 6.45) is -1.18. The van der Waals surface area contributed by atoms with Gasteiger partial charge in [0.2, 0.25) is 11.8 Å². The zero-order valence-corrected chi connectivity index (χ0v) is 28.4. The number of amides is 2. The van der Waals surface area contributed by atoms with Crippen molar-refractivity contribution >= 4 is 39.1 Å². The smallest absolute Gasteiger partial charge is 0.352 e. The fraction of sp³-hybridized carbons (Fsp3) is 0.297. The van der Waals surface area contributed by atoms with Crippen molar-refractivity contribution in [3.63, 3.8) is 0 Å². The Bertz CT molecular complexity index is 1850. The Hall–Kier alpha value is -4.35. The molecule has 1 atom stereocenters. The van der Waals surface area contributed by atoms with E-state index in [4.69, 9.17) is 11.6 Å². The number of hydrogen-bond acceptors (Lipinski definition) is 4. The maximum absolute atomic E-state index is 14.6. The Morgan fingerprint density at radius 2 is 1.49 bits per heavy atom. The fourth-order valence-corrected chi connectivity index (χ4v) is 7.64. The highest BCUT2D eigenvalue weighted by atomic mass is 35.5. The summed E-state index contributed by atoms with van der Waals surface area (Å²) in [5, 5.41) is 2.79. The number of benzene rings is 4. The van der Waals surface area contributed by atoms with Gasteiger partial charge in [-0.2, -0.15) is 13.2 Å². The van der Waals surface area contributed by atoms with E-state index in [9.17, 15) is 31.2 Å². The highest BCUT2D eigenvalue weighted by molar-refractivity contribution is 7.92. The molecule has 0 heterocycles. The van der Waals surface area contributed by atoms with Gasteiger partial charge in [-0.15, -0.1) is 0 Å². The van der Waals surface area contributed by atoms with Gasteiger partial charge < -0.3 is 10.2 Å². The van der Waals surface area contributed by atoms with E-state index in [2.05, 4.69) is 5.32 Å². The number of rotatable bonds is 12. The van der Waals surface area contributed by atoms with Gasteiger partial charge in [-0.1, -0.05) is 103 Å². The molecule has 1 fully saturated rings. The zero-order chi connectivity index (χ0) is 35.2. The highest BCUT2D eigenvalue weighted by Gasteiger charge is 2.38. The van der Waals surface area contributed by atoms with Crippen molar-refractivity contribution in [2.45, 2.75) is 68.7 Å². The minimum atomic E-state index is -4.82. The Labute approximate surface area is 289 Å². The van der Waals surface area contributed by atoms with Crippen LogP contribution in [0.15, 0.2) is 108 Å². The van der Waals surface area contributed by atoms with Crippen molar-refractivity contribution in [1.82, 2.24) is 10.2 Å². The van der Waals surface area contributed by atoms with Crippen molar-refractivity contribution < 1.29 is 31.2 Å². The number of nitrogens with zero attached hydrogens (tertiary/aromatic N) is 2. The number of anilines is 1. The van der Waals surface area contributed by atoms with Gasteiger partial charge in [-0.3, -0.25) is 13.9 Å². The van der Waals surface area contributed by atoms with E-state index < -0.39 is 51.9 Å². The first-order chi connectivity index (χ1) is 23.3.